The summed E-state index contributed by atoms with van der Waals surface area (Å²) < 4.78 is 0. The number of hydrogen-bond donors (Lipinski definition) is 2. The SMILES string of the molecule is CN1CCN(C(=N)N)CC1=O. The fraction of sp³-hybridized carbons (Fsp3) is 0.667. The maximum Gasteiger partial charge on any atom is 0.242 e. The first-order valence-electron chi connectivity index (χ1n) is 3.44. The molecule has 1 saturated heterocycles. The van der Waals surface area contributed by atoms with Gasteiger partial charge in [-0.25, -0.2) is 0 Å². The third-order valence-electron chi connectivity index (χ3n) is 1.80. The summed E-state index contributed by atoms with van der Waals surface area (Å²) in [6.07, 6.45) is 0. The van der Waals surface area contributed by atoms with Gasteiger partial charge < -0.3 is 15.5 Å². The van der Waals surface area contributed by atoms with Crippen molar-refractivity contribution in [1.29, 1.82) is 5.41 Å². The van der Waals surface area contributed by atoms with Crippen LogP contribution in [0.15, 0.2) is 0 Å². The van der Waals surface area contributed by atoms with Gasteiger partial charge in [0.15, 0.2) is 5.96 Å². The second kappa shape index (κ2) is 2.77. The molecular weight excluding hydrogens is 144 g/mol. The van der Waals surface area contributed by atoms with Gasteiger partial charge in [-0.3, -0.25) is 10.2 Å². The Balaban J connectivity index is 2.53. The first-order valence-corrected chi connectivity index (χ1v) is 3.44. The van der Waals surface area contributed by atoms with E-state index in [4.69, 9.17) is 11.1 Å². The zero-order valence-electron chi connectivity index (χ0n) is 6.50. The van der Waals surface area contributed by atoms with Gasteiger partial charge in [-0.15, -0.1) is 0 Å². The molecule has 0 saturated carbocycles. The highest BCUT2D eigenvalue weighted by atomic mass is 16.2. The number of nitrogens with one attached hydrogen (secondary N) is 1. The van der Waals surface area contributed by atoms with Crippen LogP contribution in [0.25, 0.3) is 0 Å². The molecule has 0 aliphatic carbocycles. The number of piperazine rings is 1. The first-order chi connectivity index (χ1) is 5.11. The Kier molecular flexibility index (Phi) is 1.98. The quantitative estimate of drug-likeness (QED) is 0.336. The molecule has 5 heteroatoms. The van der Waals surface area contributed by atoms with Crippen LogP contribution in [0.2, 0.25) is 0 Å². The van der Waals surface area contributed by atoms with E-state index >= 15 is 0 Å². The van der Waals surface area contributed by atoms with Gasteiger partial charge in [-0.05, 0) is 0 Å². The number of rotatable bonds is 0. The van der Waals surface area contributed by atoms with Crippen molar-refractivity contribution in [3.8, 4) is 0 Å². The second-order valence-electron chi connectivity index (χ2n) is 2.62. The Morgan fingerprint density at radius 2 is 2.27 bits per heavy atom. The lowest BCUT2D eigenvalue weighted by atomic mass is 10.3. The summed E-state index contributed by atoms with van der Waals surface area (Å²) in [6.45, 7) is 1.56. The maximum absolute atomic E-state index is 11.0. The van der Waals surface area contributed by atoms with Crippen molar-refractivity contribution >= 4 is 11.9 Å². The molecule has 1 aliphatic rings. The highest BCUT2D eigenvalue weighted by molar-refractivity contribution is 5.85. The number of carbonyl (C=O) groups is 1. The predicted molar refractivity (Wildman–Crippen MR) is 41.1 cm³/mol. The molecule has 1 aliphatic heterocycles. The van der Waals surface area contributed by atoms with E-state index in [9.17, 15) is 4.79 Å². The number of likely N-dealkylation sites (N-methyl/N-ethyl adjacent to an activating group) is 1. The molecule has 0 aromatic carbocycles. The van der Waals surface area contributed by atoms with Gasteiger partial charge in [-0.1, -0.05) is 0 Å². The molecule has 1 rings (SSSR count). The van der Waals surface area contributed by atoms with Crippen LogP contribution in [-0.4, -0.2) is 48.3 Å². The number of nitrogens with two attached hydrogens (primary N) is 1. The van der Waals surface area contributed by atoms with E-state index in [1.807, 2.05) is 0 Å². The van der Waals surface area contributed by atoms with E-state index in [1.54, 1.807) is 16.8 Å². The molecular formula is C6H12N4O. The van der Waals surface area contributed by atoms with Crippen molar-refractivity contribution in [3.63, 3.8) is 0 Å². The number of amides is 1. The summed E-state index contributed by atoms with van der Waals surface area (Å²) in [5, 5.41) is 7.08. The van der Waals surface area contributed by atoms with Crippen molar-refractivity contribution in [2.75, 3.05) is 26.7 Å². The molecule has 1 amide bonds. The third-order valence-corrected chi connectivity index (χ3v) is 1.80. The van der Waals surface area contributed by atoms with Gasteiger partial charge in [-0.2, -0.15) is 0 Å². The lowest BCUT2D eigenvalue weighted by Gasteiger charge is -2.31. The minimum Gasteiger partial charge on any atom is -0.370 e. The molecule has 3 N–H and O–H groups in total. The second-order valence-corrected chi connectivity index (χ2v) is 2.62. The summed E-state index contributed by atoms with van der Waals surface area (Å²) in [7, 11) is 1.75. The van der Waals surface area contributed by atoms with E-state index in [-0.39, 0.29) is 18.4 Å². The first kappa shape index (κ1) is 7.84. The molecule has 1 heterocycles. The van der Waals surface area contributed by atoms with Crippen LogP contribution in [0, 0.1) is 5.41 Å². The van der Waals surface area contributed by atoms with Crippen molar-refractivity contribution in [3.05, 3.63) is 0 Å². The topological polar surface area (TPSA) is 73.4 Å². The van der Waals surface area contributed by atoms with Gasteiger partial charge in [0, 0.05) is 20.1 Å². The molecule has 0 unspecified atom stereocenters. The summed E-state index contributed by atoms with van der Waals surface area (Å²) in [4.78, 5) is 14.2. The van der Waals surface area contributed by atoms with Crippen LogP contribution in [0.1, 0.15) is 0 Å². The van der Waals surface area contributed by atoms with Crippen LogP contribution < -0.4 is 5.73 Å². The molecule has 0 radical (unpaired) electrons. The van der Waals surface area contributed by atoms with E-state index in [0.717, 1.165) is 0 Å². The Morgan fingerprint density at radius 3 is 2.73 bits per heavy atom. The lowest BCUT2D eigenvalue weighted by Crippen LogP contribution is -2.52. The van der Waals surface area contributed by atoms with Crippen molar-refractivity contribution in [2.24, 2.45) is 5.73 Å². The maximum atomic E-state index is 11.0. The van der Waals surface area contributed by atoms with Crippen molar-refractivity contribution in [1.82, 2.24) is 9.80 Å². The zero-order chi connectivity index (χ0) is 8.43. The largest absolute Gasteiger partial charge is 0.370 e. The fourth-order valence-electron chi connectivity index (χ4n) is 0.964. The van der Waals surface area contributed by atoms with Crippen LogP contribution in [0.4, 0.5) is 0 Å². The molecule has 0 bridgehead atoms. The van der Waals surface area contributed by atoms with Crippen molar-refractivity contribution < 1.29 is 4.79 Å². The number of guanidine groups is 1. The summed E-state index contributed by atoms with van der Waals surface area (Å²) in [6, 6.07) is 0. The fourth-order valence-corrected chi connectivity index (χ4v) is 0.964. The minimum absolute atomic E-state index is 0.0199. The molecule has 0 spiro atoms. The van der Waals surface area contributed by atoms with Crippen LogP contribution in [-0.2, 0) is 4.79 Å². The summed E-state index contributed by atoms with van der Waals surface area (Å²) >= 11 is 0. The molecule has 5 nitrogen and oxygen atoms in total. The summed E-state index contributed by atoms with van der Waals surface area (Å²) in [5.41, 5.74) is 5.21. The molecule has 11 heavy (non-hydrogen) atoms. The van der Waals surface area contributed by atoms with E-state index in [1.165, 1.54) is 0 Å². The van der Waals surface area contributed by atoms with Gasteiger partial charge in [0.2, 0.25) is 5.91 Å². The number of hydrogen-bond acceptors (Lipinski definition) is 2. The normalized spacial score (nSPS) is 18.8. The minimum atomic E-state index is -0.0218. The molecule has 0 aromatic heterocycles. The third kappa shape index (κ3) is 1.60. The zero-order valence-corrected chi connectivity index (χ0v) is 6.50. The smallest absolute Gasteiger partial charge is 0.242 e. The monoisotopic (exact) mass is 156 g/mol. The molecule has 1 fully saturated rings. The van der Waals surface area contributed by atoms with Gasteiger partial charge in [0.25, 0.3) is 0 Å². The van der Waals surface area contributed by atoms with Gasteiger partial charge in [0.1, 0.15) is 0 Å². The highest BCUT2D eigenvalue weighted by Gasteiger charge is 2.20. The Morgan fingerprint density at radius 1 is 1.64 bits per heavy atom. The Hall–Kier alpha value is -1.26. The van der Waals surface area contributed by atoms with Gasteiger partial charge in [0.05, 0.1) is 6.54 Å². The predicted octanol–water partition coefficient (Wildman–Crippen LogP) is -1.35. The number of carbonyl (C=O) groups excluding carboxylic acids is 1. The molecule has 0 aromatic rings. The van der Waals surface area contributed by atoms with Crippen molar-refractivity contribution in [2.45, 2.75) is 0 Å². The average molecular weight is 156 g/mol. The van der Waals surface area contributed by atoms with Crippen LogP contribution in [0.5, 0.6) is 0 Å². The Labute approximate surface area is 65.3 Å². The van der Waals surface area contributed by atoms with Crippen LogP contribution >= 0.6 is 0 Å². The Bertz CT molecular complexity index is 191. The van der Waals surface area contributed by atoms with Gasteiger partial charge >= 0.3 is 0 Å². The lowest BCUT2D eigenvalue weighted by molar-refractivity contribution is -0.132. The van der Waals surface area contributed by atoms with Crippen LogP contribution in [0.3, 0.4) is 0 Å². The van der Waals surface area contributed by atoms with E-state index in [2.05, 4.69) is 0 Å². The standard InChI is InChI=1S/C6H12N4O/c1-9-2-3-10(6(7)8)4-5(9)11/h2-4H2,1H3,(H3,7,8). The highest BCUT2D eigenvalue weighted by Crippen LogP contribution is 1.98. The molecule has 0 atom stereocenters. The average Bonchev–Trinajstić information content (AvgIpc) is 1.94. The number of nitrogens with zero attached hydrogens (tertiary/aromatic N) is 2. The van der Waals surface area contributed by atoms with E-state index in [0.29, 0.717) is 13.1 Å². The summed E-state index contributed by atoms with van der Waals surface area (Å²) in [5.74, 6) is -0.00194. The van der Waals surface area contributed by atoms with E-state index < -0.39 is 0 Å². The molecule has 62 valence electrons.